The van der Waals surface area contributed by atoms with Crippen molar-refractivity contribution in [2.45, 2.75) is 0 Å². The van der Waals surface area contributed by atoms with Gasteiger partial charge in [-0.25, -0.2) is 0 Å². The molecule has 0 aromatic carbocycles. The molecule has 0 bridgehead atoms. The first-order chi connectivity index (χ1) is 4.13. The van der Waals surface area contributed by atoms with Crippen molar-refractivity contribution in [3.8, 4) is 5.88 Å². The van der Waals surface area contributed by atoms with Crippen molar-refractivity contribution in [3.05, 3.63) is 11.0 Å². The molecular formula is C5H8N2OS. The van der Waals surface area contributed by atoms with Crippen LogP contribution in [0.3, 0.4) is 0 Å². The number of aromatic hydroxyl groups is 1. The maximum absolute atomic E-state index is 9.00. The van der Waals surface area contributed by atoms with Crippen molar-refractivity contribution < 1.29 is 5.11 Å². The van der Waals surface area contributed by atoms with Gasteiger partial charge in [-0.05, 0) is 12.2 Å². The summed E-state index contributed by atoms with van der Waals surface area (Å²) in [6, 6.07) is 0. The Balaban J connectivity index is 3.48. The highest BCUT2D eigenvalue weighted by Gasteiger charge is 1.96. The molecule has 0 radical (unpaired) electrons. The van der Waals surface area contributed by atoms with Crippen molar-refractivity contribution in [1.29, 1.82) is 0 Å². The molecule has 0 amide bonds. The fourth-order valence-electron chi connectivity index (χ4n) is 0.650. The lowest BCUT2D eigenvalue weighted by molar-refractivity contribution is 0.431. The summed E-state index contributed by atoms with van der Waals surface area (Å²) in [6.45, 7) is 0. The lowest BCUT2D eigenvalue weighted by Gasteiger charge is -1.88. The van der Waals surface area contributed by atoms with Gasteiger partial charge in [0.2, 0.25) is 5.88 Å². The lowest BCUT2D eigenvalue weighted by atomic mass is 10.8. The fraction of sp³-hybridized carbons (Fsp3) is 0.400. The number of imidazole rings is 1. The summed E-state index contributed by atoms with van der Waals surface area (Å²) in [6.07, 6.45) is 1.57. The van der Waals surface area contributed by atoms with Crippen LogP contribution in [0.25, 0.3) is 0 Å². The maximum atomic E-state index is 9.00. The summed E-state index contributed by atoms with van der Waals surface area (Å²) in [7, 11) is 3.51. The van der Waals surface area contributed by atoms with Crippen molar-refractivity contribution >= 4 is 12.2 Å². The van der Waals surface area contributed by atoms with Crippen molar-refractivity contribution in [3.63, 3.8) is 0 Å². The Hall–Kier alpha value is -0.770. The van der Waals surface area contributed by atoms with E-state index in [9.17, 15) is 0 Å². The molecule has 4 heteroatoms. The van der Waals surface area contributed by atoms with Gasteiger partial charge >= 0.3 is 0 Å². The Labute approximate surface area is 58.2 Å². The van der Waals surface area contributed by atoms with Gasteiger partial charge in [-0.2, -0.15) is 0 Å². The van der Waals surface area contributed by atoms with Gasteiger partial charge in [-0.1, -0.05) is 0 Å². The molecule has 1 aromatic heterocycles. The number of nitrogens with zero attached hydrogens (tertiary/aromatic N) is 2. The zero-order valence-electron chi connectivity index (χ0n) is 5.33. The molecule has 1 N–H and O–H groups in total. The third-order valence-corrected chi connectivity index (χ3v) is 1.80. The van der Waals surface area contributed by atoms with Crippen LogP contribution in [0.4, 0.5) is 0 Å². The summed E-state index contributed by atoms with van der Waals surface area (Å²) in [5.74, 6) is 0.197. The van der Waals surface area contributed by atoms with Gasteiger partial charge in [0, 0.05) is 14.1 Å². The SMILES string of the molecule is Cn1cc(O)n(C)c1=S. The number of rotatable bonds is 0. The van der Waals surface area contributed by atoms with Gasteiger partial charge in [0.1, 0.15) is 0 Å². The van der Waals surface area contributed by atoms with Gasteiger partial charge in [0.15, 0.2) is 4.77 Å². The minimum Gasteiger partial charge on any atom is -0.493 e. The Morgan fingerprint density at radius 3 is 2.22 bits per heavy atom. The van der Waals surface area contributed by atoms with E-state index in [1.165, 1.54) is 4.57 Å². The average Bonchev–Trinajstić information content (AvgIpc) is 1.98. The van der Waals surface area contributed by atoms with Crippen molar-refractivity contribution in [2.75, 3.05) is 0 Å². The van der Waals surface area contributed by atoms with E-state index in [1.54, 1.807) is 24.9 Å². The summed E-state index contributed by atoms with van der Waals surface area (Å²) in [5.41, 5.74) is 0. The van der Waals surface area contributed by atoms with Crippen molar-refractivity contribution in [1.82, 2.24) is 9.13 Å². The molecular weight excluding hydrogens is 136 g/mol. The largest absolute Gasteiger partial charge is 0.493 e. The summed E-state index contributed by atoms with van der Waals surface area (Å²) < 4.78 is 3.84. The molecule has 1 aromatic rings. The van der Waals surface area contributed by atoms with Crippen LogP contribution in [0.2, 0.25) is 0 Å². The Morgan fingerprint density at radius 2 is 2.11 bits per heavy atom. The first-order valence-corrected chi connectivity index (χ1v) is 2.95. The number of hydrogen-bond acceptors (Lipinski definition) is 2. The van der Waals surface area contributed by atoms with Crippen LogP contribution < -0.4 is 0 Å². The molecule has 0 saturated carbocycles. The third-order valence-electron chi connectivity index (χ3n) is 1.24. The lowest BCUT2D eigenvalue weighted by Crippen LogP contribution is -1.89. The zero-order chi connectivity index (χ0) is 7.02. The molecule has 0 atom stereocenters. The molecule has 1 rings (SSSR count). The topological polar surface area (TPSA) is 30.1 Å². The predicted octanol–water partition coefficient (Wildman–Crippen LogP) is 0.799. The van der Waals surface area contributed by atoms with Crippen LogP contribution in [-0.4, -0.2) is 14.2 Å². The maximum Gasteiger partial charge on any atom is 0.209 e. The van der Waals surface area contributed by atoms with E-state index in [-0.39, 0.29) is 5.88 Å². The van der Waals surface area contributed by atoms with Gasteiger partial charge in [-0.3, -0.25) is 4.57 Å². The third kappa shape index (κ3) is 0.853. The Kier molecular flexibility index (Phi) is 1.32. The normalized spacial score (nSPS) is 10.0. The Morgan fingerprint density at radius 1 is 1.56 bits per heavy atom. The standard InChI is InChI=1S/C5H8N2OS/c1-6-3-4(8)7(2)5(6)9/h3,8H,1-2H3. The van der Waals surface area contributed by atoms with Gasteiger partial charge < -0.3 is 9.67 Å². The molecule has 9 heavy (non-hydrogen) atoms. The molecule has 0 spiro atoms. The van der Waals surface area contributed by atoms with Crippen LogP contribution in [0, 0.1) is 4.77 Å². The summed E-state index contributed by atoms with van der Waals surface area (Å²) in [4.78, 5) is 0. The highest BCUT2D eigenvalue weighted by molar-refractivity contribution is 7.71. The molecule has 3 nitrogen and oxygen atoms in total. The smallest absolute Gasteiger partial charge is 0.209 e. The van der Waals surface area contributed by atoms with Crippen LogP contribution >= 0.6 is 12.2 Å². The quantitative estimate of drug-likeness (QED) is 0.546. The molecule has 50 valence electrons. The molecule has 0 aliphatic carbocycles. The van der Waals surface area contributed by atoms with Crippen molar-refractivity contribution in [2.24, 2.45) is 14.1 Å². The number of aromatic nitrogens is 2. The van der Waals surface area contributed by atoms with Gasteiger partial charge in [0.25, 0.3) is 0 Å². The number of aryl methyl sites for hydroxylation is 1. The molecule has 0 unspecified atom stereocenters. The second kappa shape index (κ2) is 1.88. The summed E-state index contributed by atoms with van der Waals surface area (Å²) in [5, 5.41) is 9.00. The molecule has 1 heterocycles. The monoisotopic (exact) mass is 144 g/mol. The minimum absolute atomic E-state index is 0.197. The van der Waals surface area contributed by atoms with E-state index in [1.807, 2.05) is 0 Å². The summed E-state index contributed by atoms with van der Waals surface area (Å²) >= 11 is 4.88. The first-order valence-electron chi connectivity index (χ1n) is 2.54. The second-order valence-electron chi connectivity index (χ2n) is 1.94. The van der Waals surface area contributed by atoms with E-state index in [2.05, 4.69) is 0 Å². The van der Waals surface area contributed by atoms with Crippen LogP contribution in [0.15, 0.2) is 6.20 Å². The molecule has 0 aliphatic heterocycles. The predicted molar refractivity (Wildman–Crippen MR) is 36.9 cm³/mol. The molecule has 0 fully saturated rings. The van der Waals surface area contributed by atoms with E-state index >= 15 is 0 Å². The second-order valence-corrected chi connectivity index (χ2v) is 2.30. The van der Waals surface area contributed by atoms with E-state index < -0.39 is 0 Å². The van der Waals surface area contributed by atoms with Crippen LogP contribution in [0.5, 0.6) is 5.88 Å². The molecule has 0 saturated heterocycles. The highest BCUT2D eigenvalue weighted by atomic mass is 32.1. The minimum atomic E-state index is 0.197. The van der Waals surface area contributed by atoms with E-state index in [4.69, 9.17) is 17.3 Å². The fourth-order valence-corrected chi connectivity index (χ4v) is 0.796. The number of hydrogen-bond donors (Lipinski definition) is 1. The Bertz CT molecular complexity index is 273. The highest BCUT2D eigenvalue weighted by Crippen LogP contribution is 2.07. The van der Waals surface area contributed by atoms with E-state index in [0.717, 1.165) is 0 Å². The molecule has 0 aliphatic rings. The van der Waals surface area contributed by atoms with Crippen LogP contribution in [0.1, 0.15) is 0 Å². The van der Waals surface area contributed by atoms with E-state index in [0.29, 0.717) is 4.77 Å². The zero-order valence-corrected chi connectivity index (χ0v) is 6.14. The van der Waals surface area contributed by atoms with Gasteiger partial charge in [0.05, 0.1) is 6.20 Å². The first kappa shape index (κ1) is 6.35. The van der Waals surface area contributed by atoms with Crippen LogP contribution in [-0.2, 0) is 14.1 Å². The van der Waals surface area contributed by atoms with Gasteiger partial charge in [-0.15, -0.1) is 0 Å². The average molecular weight is 144 g/mol.